The Morgan fingerprint density at radius 1 is 0.136 bits per heavy atom. The van der Waals surface area contributed by atoms with Crippen LogP contribution in [0, 0.1) is 0 Å². The highest BCUT2D eigenvalue weighted by Crippen LogP contribution is 3.44. The normalized spacial score (nSPS) is 15.7. The predicted octanol–water partition coefficient (Wildman–Crippen LogP) is 25.6. The minimum atomic E-state index is -0.154. The first-order valence-corrected chi connectivity index (χ1v) is 89.4. The molecule has 0 aliphatic carbocycles. The number of hydrogen-bond acceptors (Lipinski definition) is 0. The van der Waals surface area contributed by atoms with E-state index in [1.807, 2.05) is 0 Å². The van der Waals surface area contributed by atoms with Crippen molar-refractivity contribution in [1.29, 1.82) is 0 Å². The van der Waals surface area contributed by atoms with Gasteiger partial charge in [0.15, 0.2) is 0 Å². The first-order chi connectivity index (χ1) is 19.9. The van der Waals surface area contributed by atoms with Gasteiger partial charge in [-0.2, -0.15) is 0 Å². The van der Waals surface area contributed by atoms with Crippen molar-refractivity contribution in [3.63, 3.8) is 0 Å². The minimum Gasteiger partial charge on any atom is -0.102 e. The zero-order chi connectivity index (χ0) is 35.1. The van der Waals surface area contributed by atoms with Gasteiger partial charge in [0, 0.05) is 0 Å². The fourth-order valence-corrected chi connectivity index (χ4v) is 606. The molecule has 25 unspecified atom stereocenters. The molecule has 0 aromatic carbocycles. The van der Waals surface area contributed by atoms with Gasteiger partial charge in [-0.05, 0) is 147 Å². The van der Waals surface area contributed by atoms with Gasteiger partial charge < -0.3 is 0 Å². The molecule has 0 saturated heterocycles. The number of hydrogen-bond donors (Lipinski definition) is 0. The molecule has 0 fully saturated rings. The van der Waals surface area contributed by atoms with E-state index in [4.69, 9.17) is 0 Å². The summed E-state index contributed by atoms with van der Waals surface area (Å²) in [5.41, 5.74) is 0. The van der Waals surface area contributed by atoms with Crippen LogP contribution < -0.4 is 0 Å². The van der Waals surface area contributed by atoms with Crippen LogP contribution in [0.15, 0.2) is 0 Å². The molecular formula is H46P44. The third kappa shape index (κ3) is 22.4. The Kier molecular flexibility index (Phi) is 49.0. The van der Waals surface area contributed by atoms with Crippen LogP contribution in [-0.2, 0) is 0 Å². The van der Waals surface area contributed by atoms with Crippen molar-refractivity contribution >= 4 is 352 Å². The molecule has 0 spiro atoms. The molecule has 0 rings (SSSR count). The smallest absolute Gasteiger partial charge is 0.0000569 e. The molecule has 0 aromatic heterocycles. The lowest BCUT2D eigenvalue weighted by Crippen LogP contribution is -1.69. The Labute approximate surface area is 347 Å². The molecule has 266 valence electrons. The lowest BCUT2D eigenvalue weighted by molar-refractivity contribution is 4.37. The van der Waals surface area contributed by atoms with E-state index >= 15 is 0 Å². The maximum absolute atomic E-state index is 3.63. The molecule has 25 atom stereocenters. The average molecular weight is 1410 g/mol. The average Bonchev–Trinajstić information content (AvgIpc) is 2.80. The highest BCUT2D eigenvalue weighted by atomic mass is 33.6. The Morgan fingerprint density at radius 2 is 0.273 bits per heavy atom. The summed E-state index contributed by atoms with van der Waals surface area (Å²) in [5.74, 6) is 0. The zero-order valence-electron chi connectivity index (χ0n) is 22.7. The van der Waals surface area contributed by atoms with E-state index in [1.54, 1.807) is 0 Å². The van der Waals surface area contributed by atoms with Crippen LogP contribution in [0.5, 0.6) is 0 Å². The van der Waals surface area contributed by atoms with Gasteiger partial charge in [0.25, 0.3) is 0 Å². The number of rotatable bonds is 20. The maximum atomic E-state index is 3.63. The summed E-state index contributed by atoms with van der Waals surface area (Å²) < 4.78 is 0. The zero-order valence-corrected chi connectivity index (χ0v) is 68.0. The summed E-state index contributed by atoms with van der Waals surface area (Å²) in [5, 5.41) is 0. The van der Waals surface area contributed by atoms with E-state index in [0.29, 0.717) is 0 Å². The van der Waals surface area contributed by atoms with E-state index in [0.717, 1.165) is 0 Å². The second kappa shape index (κ2) is 34.2. The maximum Gasteiger partial charge on any atom is -0.0000569 e. The van der Waals surface area contributed by atoms with Crippen molar-refractivity contribution in [3.05, 3.63) is 0 Å². The van der Waals surface area contributed by atoms with E-state index in [2.05, 4.69) is 205 Å². The lowest BCUT2D eigenvalue weighted by atomic mass is 28.4. The highest BCUT2D eigenvalue weighted by molar-refractivity contribution is 9.50. The van der Waals surface area contributed by atoms with Crippen molar-refractivity contribution in [2.45, 2.75) is 0 Å². The molecule has 0 N–H and O–H groups in total. The van der Waals surface area contributed by atoms with Gasteiger partial charge in [-0.25, -0.2) is 0 Å². The summed E-state index contributed by atoms with van der Waals surface area (Å²) in [7, 11) is 78.8. The van der Waals surface area contributed by atoms with E-state index in [-0.39, 0.29) is 147 Å². The molecule has 0 aliphatic rings. The van der Waals surface area contributed by atoms with Crippen LogP contribution >= 0.6 is 352 Å². The molecule has 0 aromatic rings. The van der Waals surface area contributed by atoms with Gasteiger partial charge in [0.2, 0.25) is 0 Å². The first-order valence-electron chi connectivity index (χ1n) is 9.94. The summed E-state index contributed by atoms with van der Waals surface area (Å²) >= 11 is 0. The topological polar surface area (TPSA) is 0 Å². The summed E-state index contributed by atoms with van der Waals surface area (Å²) in [6.45, 7) is -2.62. The van der Waals surface area contributed by atoms with Crippen molar-refractivity contribution in [1.82, 2.24) is 0 Å². The SMILES string of the molecule is PP(P)P(P)P(P(P(P)P)P(P)P)P(P(P(P(P)P)P(P)P)P(P(P)P)P(P)P)P(P(P(P)P)P(P)P)P(P(P)P)P(P)P. The Bertz CT molecular complexity index is 607. The van der Waals surface area contributed by atoms with E-state index in [9.17, 15) is 0 Å². The van der Waals surface area contributed by atoms with Gasteiger partial charge >= 0.3 is 0 Å². The first kappa shape index (κ1) is 62.9. The van der Waals surface area contributed by atoms with Gasteiger partial charge in [0.05, 0.1) is 0 Å². The molecule has 0 nitrogen and oxygen atoms in total. The summed E-state index contributed by atoms with van der Waals surface area (Å²) in [6.07, 6.45) is 0. The standard InChI is InChI=1S/H46P44/c1-24(2)35(23)41(36(25(3)4)26(5)6)44(42(37(27(7)8)28(9)10)38(29(11)12)30(13)14)43(39(31(15)16)32(17)18)40(33(19)20)34(21)22/h1-23H2. The van der Waals surface area contributed by atoms with Crippen LogP contribution in [0.4, 0.5) is 0 Å². The van der Waals surface area contributed by atoms with Crippen LogP contribution in [0.2, 0.25) is 0 Å². The molecule has 0 saturated carbocycles. The quantitative estimate of drug-likeness (QED) is 0.107. The van der Waals surface area contributed by atoms with Crippen molar-refractivity contribution in [2.24, 2.45) is 0 Å². The molecule has 0 radical (unpaired) electrons. The van der Waals surface area contributed by atoms with E-state index < -0.39 is 0 Å². The largest absolute Gasteiger partial charge is 0.102 e. The van der Waals surface area contributed by atoms with Gasteiger partial charge in [-0.1, -0.05) is 0 Å². The van der Waals surface area contributed by atoms with Crippen LogP contribution in [-0.4, -0.2) is 0 Å². The highest BCUT2D eigenvalue weighted by Gasteiger charge is 2.56. The fraction of sp³-hybridized carbons (Fsp3) is 0. The summed E-state index contributed by atoms with van der Waals surface area (Å²) in [6, 6.07) is 0. The second-order valence-corrected chi connectivity index (χ2v) is 187. The van der Waals surface area contributed by atoms with Gasteiger partial charge in [-0.15, -0.1) is 205 Å². The lowest BCUT2D eigenvalue weighted by Gasteiger charge is -2.57. The fourth-order valence-electron chi connectivity index (χ4n) is 2.49. The molecule has 0 amide bonds. The molecule has 0 aliphatic heterocycles. The Hall–Kier alpha value is 18.9. The van der Waals surface area contributed by atoms with Crippen molar-refractivity contribution in [2.75, 3.05) is 0 Å². The van der Waals surface area contributed by atoms with Gasteiger partial charge in [-0.3, -0.25) is 0 Å². The predicted molar refractivity (Wildman–Crippen MR) is 369 cm³/mol. The Morgan fingerprint density at radius 3 is 0.409 bits per heavy atom. The van der Waals surface area contributed by atoms with E-state index in [1.165, 1.54) is 0 Å². The molecule has 44 heteroatoms. The van der Waals surface area contributed by atoms with Crippen molar-refractivity contribution in [3.8, 4) is 0 Å². The monoisotopic (exact) mass is 1410 g/mol. The molecule has 44 heavy (non-hydrogen) atoms. The van der Waals surface area contributed by atoms with Crippen LogP contribution in [0.3, 0.4) is 0 Å². The summed E-state index contributed by atoms with van der Waals surface area (Å²) in [4.78, 5) is 0. The molecular weight excluding hydrogens is 1360 g/mol. The second-order valence-electron chi connectivity index (χ2n) is 6.92. The molecule has 0 heterocycles. The Balaban J connectivity index is 8.85. The molecule has 0 bridgehead atoms. The van der Waals surface area contributed by atoms with Gasteiger partial charge in [0.1, 0.15) is 0 Å². The minimum absolute atomic E-state index is 0.0762. The van der Waals surface area contributed by atoms with Crippen molar-refractivity contribution < 1.29 is 0 Å². The third-order valence-corrected chi connectivity index (χ3v) is 305. The van der Waals surface area contributed by atoms with Crippen LogP contribution in [0.1, 0.15) is 0 Å². The third-order valence-electron chi connectivity index (χ3n) is 3.77. The van der Waals surface area contributed by atoms with Crippen LogP contribution in [0.25, 0.3) is 0 Å².